The smallest absolute Gasteiger partial charge is 0.197 e. The Labute approximate surface area is 140 Å². The number of ketones is 1. The van der Waals surface area contributed by atoms with Crippen LogP contribution in [0, 0.1) is 6.92 Å². The lowest BCUT2D eigenvalue weighted by Crippen LogP contribution is -2.02. The van der Waals surface area contributed by atoms with Crippen molar-refractivity contribution in [3.05, 3.63) is 95.7 Å². The van der Waals surface area contributed by atoms with E-state index in [0.717, 1.165) is 22.3 Å². The number of benzene rings is 2. The van der Waals surface area contributed by atoms with Gasteiger partial charge in [-0.1, -0.05) is 66.7 Å². The van der Waals surface area contributed by atoms with Gasteiger partial charge < -0.3 is 0 Å². The summed E-state index contributed by atoms with van der Waals surface area (Å²) >= 11 is 0. The minimum atomic E-state index is -0.00620. The average molecular weight is 312 g/mol. The molecule has 0 saturated heterocycles. The molecule has 0 aliphatic heterocycles. The summed E-state index contributed by atoms with van der Waals surface area (Å²) in [5, 5.41) is 4.69. The number of aryl methyl sites for hydroxylation is 1. The first kappa shape index (κ1) is 14.4. The Hall–Kier alpha value is -3.20. The highest BCUT2D eigenvalue weighted by molar-refractivity contribution is 6.16. The van der Waals surface area contributed by atoms with E-state index in [1.54, 1.807) is 4.52 Å². The minimum Gasteiger partial charge on any atom is -0.288 e. The molecule has 4 aromatic rings. The molecule has 3 heteroatoms. The third-order valence-corrected chi connectivity index (χ3v) is 4.09. The van der Waals surface area contributed by atoms with Gasteiger partial charge in [-0.25, -0.2) is 4.52 Å². The van der Waals surface area contributed by atoms with Gasteiger partial charge in [0.25, 0.3) is 0 Å². The molecule has 2 aromatic heterocycles. The molecule has 0 bridgehead atoms. The first-order valence-corrected chi connectivity index (χ1v) is 7.88. The fraction of sp³-hybridized carbons (Fsp3) is 0.0476. The van der Waals surface area contributed by atoms with E-state index in [2.05, 4.69) is 5.10 Å². The first-order chi connectivity index (χ1) is 11.7. The molecule has 0 aliphatic carbocycles. The molecule has 0 aliphatic rings. The molecule has 0 spiro atoms. The largest absolute Gasteiger partial charge is 0.288 e. The van der Waals surface area contributed by atoms with Crippen molar-refractivity contribution in [1.29, 1.82) is 0 Å². The number of aromatic nitrogens is 2. The van der Waals surface area contributed by atoms with Crippen LogP contribution in [0.15, 0.2) is 79.0 Å². The summed E-state index contributed by atoms with van der Waals surface area (Å²) in [7, 11) is 0. The number of rotatable bonds is 3. The Morgan fingerprint density at radius 2 is 1.54 bits per heavy atom. The Balaban J connectivity index is 2.00. The van der Waals surface area contributed by atoms with Crippen molar-refractivity contribution >= 4 is 11.3 Å². The number of carbonyl (C=O) groups is 1. The van der Waals surface area contributed by atoms with Crippen LogP contribution in [0.3, 0.4) is 0 Å². The van der Waals surface area contributed by atoms with E-state index in [4.69, 9.17) is 0 Å². The number of hydrogen-bond donors (Lipinski definition) is 0. The van der Waals surface area contributed by atoms with Crippen LogP contribution in [0.2, 0.25) is 0 Å². The second-order valence-electron chi connectivity index (χ2n) is 5.82. The van der Waals surface area contributed by atoms with Crippen molar-refractivity contribution in [3.63, 3.8) is 0 Å². The number of fused-ring (bicyclic) bond motifs is 1. The molecular weight excluding hydrogens is 296 g/mol. The summed E-state index contributed by atoms with van der Waals surface area (Å²) in [6, 6.07) is 23.2. The van der Waals surface area contributed by atoms with Crippen molar-refractivity contribution in [2.24, 2.45) is 0 Å². The third kappa shape index (κ3) is 2.40. The highest BCUT2D eigenvalue weighted by Crippen LogP contribution is 2.28. The van der Waals surface area contributed by atoms with E-state index >= 15 is 0 Å². The second-order valence-corrected chi connectivity index (χ2v) is 5.82. The molecule has 24 heavy (non-hydrogen) atoms. The summed E-state index contributed by atoms with van der Waals surface area (Å²) in [4.78, 5) is 13.1. The van der Waals surface area contributed by atoms with E-state index < -0.39 is 0 Å². The lowest BCUT2D eigenvalue weighted by molar-refractivity contribution is 0.104. The van der Waals surface area contributed by atoms with Crippen molar-refractivity contribution in [2.45, 2.75) is 6.92 Å². The zero-order valence-corrected chi connectivity index (χ0v) is 13.3. The second kappa shape index (κ2) is 5.78. The molecule has 0 N–H and O–H groups in total. The Morgan fingerprint density at radius 3 is 2.25 bits per heavy atom. The molecule has 4 rings (SSSR count). The topological polar surface area (TPSA) is 34.4 Å². The highest BCUT2D eigenvalue weighted by atomic mass is 16.1. The minimum absolute atomic E-state index is 0.00620. The molecule has 2 heterocycles. The maximum absolute atomic E-state index is 13.1. The molecule has 0 unspecified atom stereocenters. The number of nitrogens with zero attached hydrogens (tertiary/aromatic N) is 2. The van der Waals surface area contributed by atoms with E-state index in [9.17, 15) is 4.79 Å². The van der Waals surface area contributed by atoms with Crippen LogP contribution in [-0.4, -0.2) is 15.4 Å². The van der Waals surface area contributed by atoms with Gasteiger partial charge in [-0.3, -0.25) is 4.79 Å². The fourth-order valence-corrected chi connectivity index (χ4v) is 2.91. The SMILES string of the molecule is Cc1ccc2c(C(=O)c3ccccc3)c(-c3ccccc3)nn2c1. The van der Waals surface area contributed by atoms with Crippen LogP contribution in [0.25, 0.3) is 16.8 Å². The lowest BCUT2D eigenvalue weighted by atomic mass is 9.98. The van der Waals surface area contributed by atoms with Gasteiger partial charge in [0.15, 0.2) is 5.78 Å². The fourth-order valence-electron chi connectivity index (χ4n) is 2.91. The van der Waals surface area contributed by atoms with Gasteiger partial charge in [-0.05, 0) is 18.6 Å². The van der Waals surface area contributed by atoms with Crippen LogP contribution >= 0.6 is 0 Å². The van der Waals surface area contributed by atoms with Gasteiger partial charge >= 0.3 is 0 Å². The molecule has 3 nitrogen and oxygen atoms in total. The Morgan fingerprint density at radius 1 is 0.875 bits per heavy atom. The summed E-state index contributed by atoms with van der Waals surface area (Å²) in [5.74, 6) is -0.00620. The number of pyridine rings is 1. The third-order valence-electron chi connectivity index (χ3n) is 4.09. The molecule has 116 valence electrons. The van der Waals surface area contributed by atoms with Gasteiger partial charge in [0, 0.05) is 17.3 Å². The van der Waals surface area contributed by atoms with Crippen LogP contribution in [-0.2, 0) is 0 Å². The molecule has 0 amide bonds. The summed E-state index contributed by atoms with van der Waals surface area (Å²) in [6.45, 7) is 2.02. The Kier molecular flexibility index (Phi) is 3.47. The van der Waals surface area contributed by atoms with E-state index in [-0.39, 0.29) is 5.78 Å². The van der Waals surface area contributed by atoms with E-state index in [1.807, 2.05) is 85.9 Å². The lowest BCUT2D eigenvalue weighted by Gasteiger charge is -2.03. The highest BCUT2D eigenvalue weighted by Gasteiger charge is 2.21. The van der Waals surface area contributed by atoms with Gasteiger partial charge in [0.1, 0.15) is 5.69 Å². The van der Waals surface area contributed by atoms with Crippen LogP contribution in [0.5, 0.6) is 0 Å². The zero-order valence-electron chi connectivity index (χ0n) is 13.3. The van der Waals surface area contributed by atoms with Gasteiger partial charge in [-0.2, -0.15) is 5.10 Å². The van der Waals surface area contributed by atoms with Crippen LogP contribution in [0.1, 0.15) is 21.5 Å². The van der Waals surface area contributed by atoms with Gasteiger partial charge in [-0.15, -0.1) is 0 Å². The van der Waals surface area contributed by atoms with Gasteiger partial charge in [0.05, 0.1) is 11.1 Å². The zero-order chi connectivity index (χ0) is 16.5. The quantitative estimate of drug-likeness (QED) is 0.520. The standard InChI is InChI=1S/C21H16N2O/c1-15-12-13-18-19(21(24)17-10-6-3-7-11-17)20(22-23(18)14-15)16-8-4-2-5-9-16/h2-14H,1H3. The van der Waals surface area contributed by atoms with Crippen LogP contribution in [0.4, 0.5) is 0 Å². The normalized spacial score (nSPS) is 10.9. The molecule has 0 fully saturated rings. The Bertz CT molecular complexity index is 1020. The van der Waals surface area contributed by atoms with Crippen molar-refractivity contribution in [3.8, 4) is 11.3 Å². The first-order valence-electron chi connectivity index (χ1n) is 7.88. The number of hydrogen-bond acceptors (Lipinski definition) is 2. The van der Waals surface area contributed by atoms with Crippen molar-refractivity contribution < 1.29 is 4.79 Å². The van der Waals surface area contributed by atoms with Crippen LogP contribution < -0.4 is 0 Å². The maximum atomic E-state index is 13.1. The summed E-state index contributed by atoms with van der Waals surface area (Å²) < 4.78 is 1.80. The summed E-state index contributed by atoms with van der Waals surface area (Å²) in [6.07, 6.45) is 1.95. The summed E-state index contributed by atoms with van der Waals surface area (Å²) in [5.41, 5.74) is 4.90. The van der Waals surface area contributed by atoms with Crippen molar-refractivity contribution in [2.75, 3.05) is 0 Å². The maximum Gasteiger partial charge on any atom is 0.197 e. The molecular formula is C21H16N2O. The van der Waals surface area contributed by atoms with Gasteiger partial charge in [0.2, 0.25) is 0 Å². The monoisotopic (exact) mass is 312 g/mol. The van der Waals surface area contributed by atoms with Crippen molar-refractivity contribution in [1.82, 2.24) is 9.61 Å². The predicted molar refractivity (Wildman–Crippen MR) is 95.2 cm³/mol. The van der Waals surface area contributed by atoms with E-state index in [0.29, 0.717) is 11.1 Å². The number of carbonyl (C=O) groups excluding carboxylic acids is 1. The molecule has 0 radical (unpaired) electrons. The molecule has 2 aromatic carbocycles. The average Bonchev–Trinajstić information content (AvgIpc) is 3.01. The molecule has 0 saturated carbocycles. The molecule has 0 atom stereocenters. The van der Waals surface area contributed by atoms with E-state index in [1.165, 1.54) is 0 Å². The predicted octanol–water partition coefficient (Wildman–Crippen LogP) is 4.54.